The highest BCUT2D eigenvalue weighted by atomic mass is 16.6. The number of nitrogens with zero attached hydrogens (tertiary/aromatic N) is 4. The number of nitrogen functional groups attached to an aromatic ring is 1. The Bertz CT molecular complexity index is 976. The van der Waals surface area contributed by atoms with Gasteiger partial charge in [-0.05, 0) is 6.92 Å². The quantitative estimate of drug-likeness (QED) is 0.562. The lowest BCUT2D eigenvalue weighted by Gasteiger charge is -2.32. The maximum Gasteiger partial charge on any atom is 0.241 e. The minimum atomic E-state index is -1.92. The predicted octanol–water partition coefficient (Wildman–Crippen LogP) is 0.0847. The third-order valence-corrected chi connectivity index (χ3v) is 4.65. The van der Waals surface area contributed by atoms with Gasteiger partial charge in [-0.3, -0.25) is 9.36 Å². The summed E-state index contributed by atoms with van der Waals surface area (Å²) in [5.41, 5.74) is 4.72. The highest BCUT2D eigenvalue weighted by molar-refractivity contribution is 6.02. The van der Waals surface area contributed by atoms with Gasteiger partial charge in [0.05, 0.1) is 6.10 Å². The Balaban J connectivity index is 1.98. The molecule has 1 aliphatic rings. The number of Topliss-reactive ketones (excluding diaryl/α,β-unsaturated/α-hetero) is 1. The number of imidazole rings is 1. The third kappa shape index (κ3) is 2.15. The molecule has 1 fully saturated rings. The smallest absolute Gasteiger partial charge is 0.241 e. The average Bonchev–Trinajstić information content (AvgIpc) is 3.19. The Morgan fingerprint density at radius 2 is 1.96 bits per heavy atom. The first-order valence-electron chi connectivity index (χ1n) is 8.04. The average molecular weight is 355 g/mol. The van der Waals surface area contributed by atoms with Gasteiger partial charge in [-0.15, -0.1) is 0 Å². The van der Waals surface area contributed by atoms with Crippen LogP contribution in [-0.2, 0) is 10.5 Å². The first kappa shape index (κ1) is 16.6. The molecule has 0 bridgehead atoms. The Hall–Kier alpha value is -2.88. The summed E-state index contributed by atoms with van der Waals surface area (Å²) in [5.74, 6) is -0.386. The van der Waals surface area contributed by atoms with Crippen LogP contribution in [0.15, 0.2) is 43.0 Å². The molecule has 0 aliphatic carbocycles. The molecule has 9 heteroatoms. The Kier molecular flexibility index (Phi) is 3.72. The summed E-state index contributed by atoms with van der Waals surface area (Å²) >= 11 is 0. The van der Waals surface area contributed by atoms with Crippen molar-refractivity contribution >= 4 is 22.8 Å². The number of carbonyl (C=O) groups excluding carboxylic acids is 1. The molecule has 134 valence electrons. The highest BCUT2D eigenvalue weighted by Gasteiger charge is 2.59. The molecule has 26 heavy (non-hydrogen) atoms. The highest BCUT2D eigenvalue weighted by Crippen LogP contribution is 2.40. The van der Waals surface area contributed by atoms with Crippen LogP contribution >= 0.6 is 0 Å². The Labute approximate surface area is 148 Å². The Morgan fingerprint density at radius 1 is 1.23 bits per heavy atom. The number of carbonyl (C=O) groups is 1. The summed E-state index contributed by atoms with van der Waals surface area (Å²) in [4.78, 5) is 25.5. The lowest BCUT2D eigenvalue weighted by atomic mass is 9.93. The van der Waals surface area contributed by atoms with Gasteiger partial charge in [0.15, 0.2) is 11.5 Å². The molecule has 0 radical (unpaired) electrons. The number of aliphatic hydroxyl groups is 2. The molecule has 2 aromatic heterocycles. The lowest BCUT2D eigenvalue weighted by Crippen LogP contribution is -2.51. The number of aromatic nitrogens is 4. The van der Waals surface area contributed by atoms with E-state index in [-0.39, 0.29) is 17.0 Å². The number of rotatable bonds is 3. The zero-order valence-corrected chi connectivity index (χ0v) is 13.9. The van der Waals surface area contributed by atoms with Crippen molar-refractivity contribution in [3.63, 3.8) is 0 Å². The van der Waals surface area contributed by atoms with Crippen molar-refractivity contribution in [3.05, 3.63) is 48.5 Å². The van der Waals surface area contributed by atoms with Crippen LogP contribution in [-0.4, -0.2) is 53.8 Å². The second-order valence-corrected chi connectivity index (χ2v) is 6.20. The maximum absolute atomic E-state index is 13.4. The molecule has 4 N–H and O–H groups in total. The first-order valence-corrected chi connectivity index (χ1v) is 8.04. The van der Waals surface area contributed by atoms with Crippen molar-refractivity contribution in [1.82, 2.24) is 19.5 Å². The van der Waals surface area contributed by atoms with E-state index in [1.54, 1.807) is 37.3 Å². The van der Waals surface area contributed by atoms with E-state index in [0.717, 1.165) is 0 Å². The molecule has 0 amide bonds. The van der Waals surface area contributed by atoms with Gasteiger partial charge in [-0.25, -0.2) is 15.0 Å². The molecular weight excluding hydrogens is 338 g/mol. The van der Waals surface area contributed by atoms with Crippen molar-refractivity contribution in [2.45, 2.75) is 31.0 Å². The third-order valence-electron chi connectivity index (χ3n) is 4.65. The van der Waals surface area contributed by atoms with E-state index in [0.29, 0.717) is 5.56 Å². The van der Waals surface area contributed by atoms with E-state index in [2.05, 4.69) is 15.0 Å². The fourth-order valence-corrected chi connectivity index (χ4v) is 3.30. The van der Waals surface area contributed by atoms with Crippen LogP contribution in [0.3, 0.4) is 0 Å². The number of fused-ring (bicyclic) bond motifs is 1. The molecule has 0 spiro atoms. The number of ketones is 1. The molecule has 4 atom stereocenters. The molecular formula is C17H17N5O4. The normalized spacial score (nSPS) is 28.5. The van der Waals surface area contributed by atoms with E-state index < -0.39 is 29.8 Å². The van der Waals surface area contributed by atoms with E-state index >= 15 is 0 Å². The molecule has 1 aliphatic heterocycles. The number of anilines is 1. The van der Waals surface area contributed by atoms with Gasteiger partial charge in [-0.2, -0.15) is 0 Å². The fraction of sp³-hybridized carbons (Fsp3) is 0.294. The number of ether oxygens (including phenoxy) is 1. The van der Waals surface area contributed by atoms with Crippen LogP contribution in [0.4, 0.5) is 5.82 Å². The topological polar surface area (TPSA) is 136 Å². The van der Waals surface area contributed by atoms with Crippen molar-refractivity contribution in [1.29, 1.82) is 0 Å². The number of nitrogens with two attached hydrogens (primary N) is 1. The summed E-state index contributed by atoms with van der Waals surface area (Å²) in [5, 5.41) is 21.1. The van der Waals surface area contributed by atoms with Gasteiger partial charge in [0, 0.05) is 5.56 Å². The molecule has 0 unspecified atom stereocenters. The lowest BCUT2D eigenvalue weighted by molar-refractivity contribution is -0.103. The molecule has 9 nitrogen and oxygen atoms in total. The van der Waals surface area contributed by atoms with Crippen LogP contribution in [0.5, 0.6) is 0 Å². The molecule has 1 saturated heterocycles. The number of aliphatic hydroxyl groups excluding tert-OH is 2. The molecule has 3 aromatic rings. The molecule has 1 aromatic carbocycles. The Morgan fingerprint density at radius 3 is 2.62 bits per heavy atom. The number of hydrogen-bond acceptors (Lipinski definition) is 8. The summed E-state index contributed by atoms with van der Waals surface area (Å²) in [6, 6.07) is 8.39. The summed E-state index contributed by atoms with van der Waals surface area (Å²) in [7, 11) is 0. The van der Waals surface area contributed by atoms with E-state index in [1.807, 2.05) is 0 Å². The van der Waals surface area contributed by atoms with E-state index in [1.165, 1.54) is 17.2 Å². The molecule has 0 saturated carbocycles. The monoisotopic (exact) mass is 355 g/mol. The van der Waals surface area contributed by atoms with Crippen molar-refractivity contribution < 1.29 is 19.7 Å². The van der Waals surface area contributed by atoms with Crippen LogP contribution in [0.2, 0.25) is 0 Å². The zero-order valence-electron chi connectivity index (χ0n) is 13.9. The van der Waals surface area contributed by atoms with Gasteiger partial charge in [0.25, 0.3) is 0 Å². The largest absolute Gasteiger partial charge is 0.387 e. The van der Waals surface area contributed by atoms with Gasteiger partial charge in [0.2, 0.25) is 11.5 Å². The first-order chi connectivity index (χ1) is 12.5. The standard InChI is InChI=1S/C17H17N5O4/c1-9-12(23)14(25)17(26-9,13(24)10-5-3-2-4-6-10)22-8-21-11-15(18)19-7-20-16(11)22/h2-9,12,14,23,25H,1H3,(H2,18,19,20)/t9-,12-,14-,17-/m1/s1. The molecule has 4 rings (SSSR count). The number of hydrogen-bond donors (Lipinski definition) is 3. The fourth-order valence-electron chi connectivity index (χ4n) is 3.30. The van der Waals surface area contributed by atoms with Gasteiger partial charge >= 0.3 is 0 Å². The summed E-state index contributed by atoms with van der Waals surface area (Å²) in [6.45, 7) is 1.58. The second kappa shape index (κ2) is 5.84. The minimum absolute atomic E-state index is 0.136. The summed E-state index contributed by atoms with van der Waals surface area (Å²) < 4.78 is 7.17. The minimum Gasteiger partial charge on any atom is -0.387 e. The van der Waals surface area contributed by atoms with Crippen LogP contribution in [0, 0.1) is 0 Å². The van der Waals surface area contributed by atoms with Gasteiger partial charge in [0.1, 0.15) is 30.4 Å². The SMILES string of the molecule is C[C@H]1O[C@@](C(=O)c2ccccc2)(n2cnc3c(N)ncnc32)[C@H](O)[C@@H]1O. The maximum atomic E-state index is 13.4. The van der Waals surface area contributed by atoms with Gasteiger partial charge < -0.3 is 20.7 Å². The molecule has 3 heterocycles. The number of benzene rings is 1. The van der Waals surface area contributed by atoms with Gasteiger partial charge in [-0.1, -0.05) is 30.3 Å². The van der Waals surface area contributed by atoms with Crippen molar-refractivity contribution in [2.24, 2.45) is 0 Å². The summed E-state index contributed by atoms with van der Waals surface area (Å²) in [6.07, 6.45) is -1.03. The van der Waals surface area contributed by atoms with E-state index in [9.17, 15) is 15.0 Å². The van der Waals surface area contributed by atoms with E-state index in [4.69, 9.17) is 10.5 Å². The van der Waals surface area contributed by atoms with Crippen LogP contribution in [0.1, 0.15) is 17.3 Å². The van der Waals surface area contributed by atoms with Crippen LogP contribution in [0.25, 0.3) is 11.2 Å². The zero-order chi connectivity index (χ0) is 18.5. The predicted molar refractivity (Wildman–Crippen MR) is 91.0 cm³/mol. The second-order valence-electron chi connectivity index (χ2n) is 6.20. The van der Waals surface area contributed by atoms with Crippen LogP contribution < -0.4 is 5.73 Å². The van der Waals surface area contributed by atoms with Crippen molar-refractivity contribution in [3.8, 4) is 0 Å². The van der Waals surface area contributed by atoms with Crippen molar-refractivity contribution in [2.75, 3.05) is 5.73 Å².